The molecule has 2 rings (SSSR count). The first-order valence-electron chi connectivity index (χ1n) is 5.27. The Morgan fingerprint density at radius 1 is 1.50 bits per heavy atom. The molecule has 0 aliphatic rings. The summed E-state index contributed by atoms with van der Waals surface area (Å²) in [5, 5.41) is 2.03. The van der Waals surface area contributed by atoms with Crippen LogP contribution >= 0.6 is 11.3 Å². The lowest BCUT2D eigenvalue weighted by Crippen LogP contribution is -2.13. The Hall–Kier alpha value is -1.42. The van der Waals surface area contributed by atoms with E-state index in [1.807, 2.05) is 31.4 Å². The van der Waals surface area contributed by atoms with Gasteiger partial charge in [-0.2, -0.15) is 0 Å². The Kier molecular flexibility index (Phi) is 3.19. The second kappa shape index (κ2) is 4.61. The van der Waals surface area contributed by atoms with Crippen molar-refractivity contribution < 1.29 is 0 Å². The van der Waals surface area contributed by atoms with Crippen LogP contribution in [-0.2, 0) is 6.42 Å². The monoisotopic (exact) mass is 234 g/mol. The van der Waals surface area contributed by atoms with E-state index in [-0.39, 0.29) is 11.5 Å². The molecular formula is C12H14N2OS. The predicted molar refractivity (Wildman–Crippen MR) is 66.1 cm³/mol. The summed E-state index contributed by atoms with van der Waals surface area (Å²) < 4.78 is 0. The Balaban J connectivity index is 2.31. The highest BCUT2D eigenvalue weighted by atomic mass is 32.1. The SMILES string of the molecule is CC(C)c1cc(=O)[nH]c(Cc2cccs2)n1. The molecule has 2 aromatic rings. The summed E-state index contributed by atoms with van der Waals surface area (Å²) in [5.41, 5.74) is 0.792. The minimum absolute atomic E-state index is 0.0646. The largest absolute Gasteiger partial charge is 0.310 e. The topological polar surface area (TPSA) is 45.8 Å². The first-order valence-corrected chi connectivity index (χ1v) is 6.15. The van der Waals surface area contributed by atoms with Crippen LogP contribution in [0.25, 0.3) is 0 Å². The molecule has 0 unspecified atom stereocenters. The summed E-state index contributed by atoms with van der Waals surface area (Å²) in [5.74, 6) is 1.03. The zero-order valence-electron chi connectivity index (χ0n) is 9.36. The first-order chi connectivity index (χ1) is 7.65. The van der Waals surface area contributed by atoms with Crippen LogP contribution in [0.2, 0.25) is 0 Å². The van der Waals surface area contributed by atoms with Gasteiger partial charge in [0.25, 0.3) is 5.56 Å². The van der Waals surface area contributed by atoms with Crippen LogP contribution in [0, 0.1) is 0 Å². The normalized spacial score (nSPS) is 10.9. The summed E-state index contributed by atoms with van der Waals surface area (Å²) in [7, 11) is 0. The molecule has 84 valence electrons. The number of rotatable bonds is 3. The number of aromatic nitrogens is 2. The molecule has 4 heteroatoms. The third kappa shape index (κ3) is 2.58. The van der Waals surface area contributed by atoms with Crippen LogP contribution in [0.4, 0.5) is 0 Å². The van der Waals surface area contributed by atoms with E-state index < -0.39 is 0 Å². The first kappa shape index (κ1) is 11.1. The lowest BCUT2D eigenvalue weighted by Gasteiger charge is -2.05. The summed E-state index contributed by atoms with van der Waals surface area (Å²) in [6, 6.07) is 5.62. The van der Waals surface area contributed by atoms with E-state index in [1.165, 1.54) is 4.88 Å². The number of hydrogen-bond donors (Lipinski definition) is 1. The molecule has 0 amide bonds. The zero-order valence-corrected chi connectivity index (χ0v) is 10.2. The van der Waals surface area contributed by atoms with E-state index in [0.29, 0.717) is 6.42 Å². The molecule has 0 spiro atoms. The number of aromatic amines is 1. The maximum absolute atomic E-state index is 11.5. The standard InChI is InChI=1S/C12H14N2OS/c1-8(2)10-7-12(15)14-11(13-10)6-9-4-3-5-16-9/h3-5,7-8H,6H2,1-2H3,(H,13,14,15). The fraction of sp³-hybridized carbons (Fsp3) is 0.333. The Labute approximate surface area is 98.2 Å². The van der Waals surface area contributed by atoms with Crippen molar-refractivity contribution >= 4 is 11.3 Å². The number of H-pyrrole nitrogens is 1. The van der Waals surface area contributed by atoms with Crippen molar-refractivity contribution in [3.8, 4) is 0 Å². The highest BCUT2D eigenvalue weighted by Crippen LogP contribution is 2.13. The highest BCUT2D eigenvalue weighted by molar-refractivity contribution is 7.09. The molecular weight excluding hydrogens is 220 g/mol. The van der Waals surface area contributed by atoms with Gasteiger partial charge >= 0.3 is 0 Å². The molecule has 0 saturated heterocycles. The summed E-state index contributed by atoms with van der Waals surface area (Å²) in [4.78, 5) is 19.9. The van der Waals surface area contributed by atoms with E-state index in [4.69, 9.17) is 0 Å². The van der Waals surface area contributed by atoms with Gasteiger partial charge in [0.05, 0.1) is 5.69 Å². The zero-order chi connectivity index (χ0) is 11.5. The highest BCUT2D eigenvalue weighted by Gasteiger charge is 2.06. The molecule has 0 radical (unpaired) electrons. The fourth-order valence-corrected chi connectivity index (χ4v) is 2.20. The van der Waals surface area contributed by atoms with E-state index in [1.54, 1.807) is 17.4 Å². The van der Waals surface area contributed by atoms with Crippen molar-refractivity contribution in [2.75, 3.05) is 0 Å². The van der Waals surface area contributed by atoms with E-state index in [9.17, 15) is 4.79 Å². The molecule has 2 aromatic heterocycles. The van der Waals surface area contributed by atoms with Crippen LogP contribution in [0.1, 0.15) is 36.2 Å². The minimum Gasteiger partial charge on any atom is -0.310 e. The van der Waals surface area contributed by atoms with Crippen LogP contribution in [0.15, 0.2) is 28.4 Å². The van der Waals surface area contributed by atoms with Gasteiger partial charge in [0, 0.05) is 17.4 Å². The second-order valence-electron chi connectivity index (χ2n) is 4.03. The van der Waals surface area contributed by atoms with Crippen molar-refractivity contribution in [1.82, 2.24) is 9.97 Å². The van der Waals surface area contributed by atoms with E-state index >= 15 is 0 Å². The fourth-order valence-electron chi connectivity index (χ4n) is 1.49. The van der Waals surface area contributed by atoms with Gasteiger partial charge in [-0.25, -0.2) is 4.98 Å². The van der Waals surface area contributed by atoms with Gasteiger partial charge in [0.15, 0.2) is 0 Å². The summed E-state index contributed by atoms with van der Waals surface area (Å²) in [6.07, 6.45) is 0.702. The molecule has 2 heterocycles. The predicted octanol–water partition coefficient (Wildman–Crippen LogP) is 2.55. The lowest BCUT2D eigenvalue weighted by atomic mass is 10.1. The maximum atomic E-state index is 11.5. The van der Waals surface area contributed by atoms with Crippen molar-refractivity contribution in [1.29, 1.82) is 0 Å². The number of thiophene rings is 1. The van der Waals surface area contributed by atoms with E-state index in [0.717, 1.165) is 11.5 Å². The van der Waals surface area contributed by atoms with Gasteiger partial charge in [-0.3, -0.25) is 4.79 Å². The average molecular weight is 234 g/mol. The van der Waals surface area contributed by atoms with Gasteiger partial charge < -0.3 is 4.98 Å². The number of hydrogen-bond acceptors (Lipinski definition) is 3. The van der Waals surface area contributed by atoms with Crippen molar-refractivity contribution in [3.05, 3.63) is 50.3 Å². The maximum Gasteiger partial charge on any atom is 0.251 e. The van der Waals surface area contributed by atoms with Crippen molar-refractivity contribution in [3.63, 3.8) is 0 Å². The van der Waals surface area contributed by atoms with Crippen LogP contribution < -0.4 is 5.56 Å². The molecule has 0 bridgehead atoms. The van der Waals surface area contributed by atoms with Gasteiger partial charge in [-0.1, -0.05) is 19.9 Å². The van der Waals surface area contributed by atoms with Crippen LogP contribution in [0.3, 0.4) is 0 Å². The third-order valence-corrected chi connectivity index (χ3v) is 3.20. The Bertz CT molecular complexity index is 514. The Morgan fingerprint density at radius 2 is 2.31 bits per heavy atom. The minimum atomic E-state index is -0.0646. The second-order valence-corrected chi connectivity index (χ2v) is 5.06. The molecule has 0 fully saturated rings. The van der Waals surface area contributed by atoms with Crippen molar-refractivity contribution in [2.45, 2.75) is 26.2 Å². The summed E-state index contributed by atoms with van der Waals surface area (Å²) >= 11 is 1.68. The molecule has 0 aromatic carbocycles. The van der Waals surface area contributed by atoms with Crippen LogP contribution in [0.5, 0.6) is 0 Å². The van der Waals surface area contributed by atoms with Gasteiger partial charge in [-0.05, 0) is 17.4 Å². The smallest absolute Gasteiger partial charge is 0.251 e. The number of nitrogens with one attached hydrogen (secondary N) is 1. The van der Waals surface area contributed by atoms with Crippen molar-refractivity contribution in [2.24, 2.45) is 0 Å². The molecule has 0 aliphatic carbocycles. The molecule has 0 aliphatic heterocycles. The van der Waals surface area contributed by atoms with Gasteiger partial charge in [-0.15, -0.1) is 11.3 Å². The van der Waals surface area contributed by atoms with Gasteiger partial charge in [0.2, 0.25) is 0 Å². The summed E-state index contributed by atoms with van der Waals surface area (Å²) in [6.45, 7) is 4.08. The molecule has 3 nitrogen and oxygen atoms in total. The molecule has 0 atom stereocenters. The van der Waals surface area contributed by atoms with E-state index in [2.05, 4.69) is 9.97 Å². The third-order valence-electron chi connectivity index (χ3n) is 2.32. The average Bonchev–Trinajstić information content (AvgIpc) is 2.69. The van der Waals surface area contributed by atoms with Gasteiger partial charge in [0.1, 0.15) is 5.82 Å². The molecule has 0 saturated carbocycles. The number of nitrogens with zero attached hydrogens (tertiary/aromatic N) is 1. The quantitative estimate of drug-likeness (QED) is 0.887. The van der Waals surface area contributed by atoms with Crippen LogP contribution in [-0.4, -0.2) is 9.97 Å². The molecule has 16 heavy (non-hydrogen) atoms. The lowest BCUT2D eigenvalue weighted by molar-refractivity contribution is 0.785. The molecule has 1 N–H and O–H groups in total. The Morgan fingerprint density at radius 3 is 2.94 bits per heavy atom.